The lowest BCUT2D eigenvalue weighted by Crippen LogP contribution is -2.27. The van der Waals surface area contributed by atoms with Crippen LogP contribution in [0.25, 0.3) is 0 Å². The van der Waals surface area contributed by atoms with Gasteiger partial charge in [-0.1, -0.05) is 11.6 Å². The average Bonchev–Trinajstić information content (AvgIpc) is 2.67. The zero-order valence-corrected chi connectivity index (χ0v) is 12.7. The second-order valence-electron chi connectivity index (χ2n) is 4.53. The molecule has 2 rings (SSSR count). The third-order valence-corrected chi connectivity index (χ3v) is 4.36. The van der Waals surface area contributed by atoms with E-state index in [1.54, 1.807) is 0 Å². The molecule has 1 aliphatic rings. The number of hydrogen-bond acceptors (Lipinski definition) is 6. The van der Waals surface area contributed by atoms with E-state index in [4.69, 9.17) is 22.3 Å². The Balaban J connectivity index is 2.31. The summed E-state index contributed by atoms with van der Waals surface area (Å²) in [6.45, 7) is 0.000254. The molecule has 11 heteroatoms. The van der Waals surface area contributed by atoms with Gasteiger partial charge in [-0.2, -0.15) is 0 Å². The number of pyridine rings is 1. The van der Waals surface area contributed by atoms with Crippen molar-refractivity contribution in [2.75, 3.05) is 17.2 Å². The van der Waals surface area contributed by atoms with Gasteiger partial charge >= 0.3 is 5.69 Å². The van der Waals surface area contributed by atoms with Crippen molar-refractivity contribution < 1.29 is 18.1 Å². The van der Waals surface area contributed by atoms with Crippen LogP contribution in [0.2, 0.25) is 5.02 Å². The third kappa shape index (κ3) is 3.80. The van der Waals surface area contributed by atoms with Gasteiger partial charge in [-0.05, 0) is 0 Å². The number of hydrogen-bond donors (Lipinski definition) is 0. The Morgan fingerprint density at radius 1 is 1.52 bits per heavy atom. The predicted molar refractivity (Wildman–Crippen MR) is 76.0 cm³/mol. The lowest BCUT2D eigenvalue weighted by molar-refractivity contribution is -0.384. The molecule has 0 radical (unpaired) electrons. The molecule has 1 unspecified atom stereocenters. The largest absolute Gasteiger partial charge is 0.313 e. The molecule has 1 aromatic heterocycles. The molecule has 114 valence electrons. The van der Waals surface area contributed by atoms with E-state index in [9.17, 15) is 23.3 Å². The zero-order valence-electron chi connectivity index (χ0n) is 10.4. The highest BCUT2D eigenvalue weighted by molar-refractivity contribution is 8.13. The van der Waals surface area contributed by atoms with Crippen molar-refractivity contribution in [2.24, 2.45) is 5.92 Å². The van der Waals surface area contributed by atoms with Crippen LogP contribution in [0.1, 0.15) is 6.42 Å². The van der Waals surface area contributed by atoms with Crippen molar-refractivity contribution >= 4 is 48.7 Å². The van der Waals surface area contributed by atoms with Gasteiger partial charge in [0.25, 0.3) is 0 Å². The average molecular weight is 354 g/mol. The van der Waals surface area contributed by atoms with Gasteiger partial charge in [0.2, 0.25) is 20.8 Å². The zero-order chi connectivity index (χ0) is 15.8. The SMILES string of the molecule is O=C1CC(CS(=O)(=O)Cl)CN1c1ncc(Cl)cc1[N+](=O)[O-]. The summed E-state index contributed by atoms with van der Waals surface area (Å²) in [4.78, 5) is 27.1. The number of nitrogens with zero attached hydrogens (tertiary/aromatic N) is 3. The van der Waals surface area contributed by atoms with Crippen LogP contribution in [0, 0.1) is 16.0 Å². The molecule has 21 heavy (non-hydrogen) atoms. The van der Waals surface area contributed by atoms with E-state index < -0.39 is 31.5 Å². The highest BCUT2D eigenvalue weighted by Crippen LogP contribution is 2.33. The van der Waals surface area contributed by atoms with Crippen LogP contribution in [-0.2, 0) is 13.8 Å². The summed E-state index contributed by atoms with van der Waals surface area (Å²) in [6, 6.07) is 1.09. The van der Waals surface area contributed by atoms with Crippen molar-refractivity contribution in [1.82, 2.24) is 4.98 Å². The molecule has 8 nitrogen and oxygen atoms in total. The van der Waals surface area contributed by atoms with Crippen LogP contribution < -0.4 is 4.90 Å². The van der Waals surface area contributed by atoms with Crippen LogP contribution in [0.3, 0.4) is 0 Å². The molecule has 1 fully saturated rings. The molecule has 1 atom stereocenters. The minimum Gasteiger partial charge on any atom is -0.291 e. The Morgan fingerprint density at radius 2 is 2.19 bits per heavy atom. The maximum atomic E-state index is 11.9. The van der Waals surface area contributed by atoms with Crippen molar-refractivity contribution in [3.05, 3.63) is 27.4 Å². The molecule has 0 N–H and O–H groups in total. The molecule has 1 amide bonds. The van der Waals surface area contributed by atoms with E-state index in [1.165, 1.54) is 6.20 Å². The number of carbonyl (C=O) groups is 1. The molecular formula is C10H9Cl2N3O5S. The van der Waals surface area contributed by atoms with E-state index in [-0.39, 0.29) is 29.6 Å². The van der Waals surface area contributed by atoms with Gasteiger partial charge in [0, 0.05) is 41.8 Å². The van der Waals surface area contributed by atoms with Crippen molar-refractivity contribution in [3.8, 4) is 0 Å². The number of anilines is 1. The molecule has 0 aliphatic carbocycles. The molecule has 0 spiro atoms. The molecular weight excluding hydrogens is 345 g/mol. The highest BCUT2D eigenvalue weighted by atomic mass is 35.7. The van der Waals surface area contributed by atoms with Gasteiger partial charge in [-0.15, -0.1) is 0 Å². The summed E-state index contributed by atoms with van der Waals surface area (Å²) in [5, 5.41) is 11.1. The molecule has 0 saturated carbocycles. The maximum Gasteiger partial charge on any atom is 0.313 e. The summed E-state index contributed by atoms with van der Waals surface area (Å²) in [5.41, 5.74) is -0.412. The Bertz CT molecular complexity index is 709. The van der Waals surface area contributed by atoms with Gasteiger partial charge in [0.15, 0.2) is 0 Å². The first kappa shape index (κ1) is 15.9. The van der Waals surface area contributed by atoms with E-state index in [0.29, 0.717) is 0 Å². The molecule has 0 aromatic carbocycles. The van der Waals surface area contributed by atoms with Crippen LogP contribution in [0.4, 0.5) is 11.5 Å². The van der Waals surface area contributed by atoms with E-state index in [1.807, 2.05) is 0 Å². The monoisotopic (exact) mass is 353 g/mol. The van der Waals surface area contributed by atoms with Crippen LogP contribution in [-0.4, -0.2) is 36.5 Å². The van der Waals surface area contributed by atoms with Crippen LogP contribution in [0.5, 0.6) is 0 Å². The number of rotatable bonds is 4. The maximum absolute atomic E-state index is 11.9. The Morgan fingerprint density at radius 3 is 2.76 bits per heavy atom. The predicted octanol–water partition coefficient (Wildman–Crippen LogP) is 1.56. The van der Waals surface area contributed by atoms with Crippen molar-refractivity contribution in [3.63, 3.8) is 0 Å². The molecule has 1 aromatic rings. The Hall–Kier alpha value is -1.45. The first-order chi connectivity index (χ1) is 9.67. The summed E-state index contributed by atoms with van der Waals surface area (Å²) in [6.07, 6.45) is 1.12. The summed E-state index contributed by atoms with van der Waals surface area (Å²) >= 11 is 5.65. The number of amides is 1. The fourth-order valence-electron chi connectivity index (χ4n) is 2.14. The number of halogens is 2. The topological polar surface area (TPSA) is 110 Å². The number of aromatic nitrogens is 1. The quantitative estimate of drug-likeness (QED) is 0.461. The minimum absolute atomic E-state index is 0.000254. The fourth-order valence-corrected chi connectivity index (χ4v) is 3.62. The van der Waals surface area contributed by atoms with Gasteiger partial charge in [0.05, 0.1) is 15.7 Å². The molecule has 1 saturated heterocycles. The minimum atomic E-state index is -3.75. The van der Waals surface area contributed by atoms with Gasteiger partial charge in [-0.3, -0.25) is 19.8 Å². The highest BCUT2D eigenvalue weighted by Gasteiger charge is 2.37. The normalized spacial score (nSPS) is 19.0. The van der Waals surface area contributed by atoms with E-state index >= 15 is 0 Å². The molecule has 0 bridgehead atoms. The van der Waals surface area contributed by atoms with Crippen molar-refractivity contribution in [2.45, 2.75) is 6.42 Å². The number of carbonyl (C=O) groups excluding carboxylic acids is 1. The summed E-state index contributed by atoms with van der Waals surface area (Å²) in [7, 11) is 1.41. The molecule has 1 aliphatic heterocycles. The smallest absolute Gasteiger partial charge is 0.291 e. The van der Waals surface area contributed by atoms with Crippen LogP contribution in [0.15, 0.2) is 12.3 Å². The fraction of sp³-hybridized carbons (Fsp3) is 0.400. The molecule has 2 heterocycles. The van der Waals surface area contributed by atoms with Crippen molar-refractivity contribution in [1.29, 1.82) is 0 Å². The van der Waals surface area contributed by atoms with E-state index in [0.717, 1.165) is 11.0 Å². The Kier molecular flexibility index (Phi) is 4.35. The standard InChI is InChI=1S/C10H9Cl2N3O5S/c11-7-2-8(15(17)18)10(13-3-7)14-4-6(1-9(14)16)5-21(12,19)20/h2-3,6H,1,4-5H2. The second-order valence-corrected chi connectivity index (χ2v) is 7.79. The van der Waals surface area contributed by atoms with Gasteiger partial charge in [-0.25, -0.2) is 13.4 Å². The second kappa shape index (κ2) is 5.74. The lowest BCUT2D eigenvalue weighted by Gasteiger charge is -2.15. The van der Waals surface area contributed by atoms with E-state index in [2.05, 4.69) is 4.98 Å². The number of nitro groups is 1. The summed E-state index contributed by atoms with van der Waals surface area (Å²) < 4.78 is 22.1. The van der Waals surface area contributed by atoms with Gasteiger partial charge in [0.1, 0.15) is 0 Å². The first-order valence-electron chi connectivity index (χ1n) is 5.70. The van der Waals surface area contributed by atoms with Gasteiger partial charge < -0.3 is 0 Å². The third-order valence-electron chi connectivity index (χ3n) is 2.91. The first-order valence-corrected chi connectivity index (χ1v) is 8.55. The lowest BCUT2D eigenvalue weighted by atomic mass is 10.1. The summed E-state index contributed by atoms with van der Waals surface area (Å²) in [5.74, 6) is -1.50. The van der Waals surface area contributed by atoms with Crippen LogP contribution >= 0.6 is 22.3 Å². The Labute approximate surface area is 129 Å².